The van der Waals surface area contributed by atoms with Crippen LogP contribution in [0.1, 0.15) is 30.9 Å². The van der Waals surface area contributed by atoms with Gasteiger partial charge in [-0.05, 0) is 36.1 Å². The van der Waals surface area contributed by atoms with Gasteiger partial charge in [-0.25, -0.2) is 14.4 Å². The number of hydrogen-bond acceptors (Lipinski definition) is 3. The summed E-state index contributed by atoms with van der Waals surface area (Å²) in [5, 5.41) is 3.37. The van der Waals surface area contributed by atoms with Gasteiger partial charge in [-0.1, -0.05) is 32.0 Å². The monoisotopic (exact) mass is 334 g/mol. The molecular weight excluding hydrogens is 315 g/mol. The lowest BCUT2D eigenvalue weighted by atomic mass is 10.0. The highest BCUT2D eigenvalue weighted by Crippen LogP contribution is 2.31. The molecule has 0 aliphatic rings. The first-order valence-electron chi connectivity index (χ1n) is 8.32. The van der Waals surface area contributed by atoms with E-state index in [0.717, 1.165) is 27.8 Å². The highest BCUT2D eigenvalue weighted by Gasteiger charge is 2.16. The van der Waals surface area contributed by atoms with Crippen LogP contribution in [0.25, 0.3) is 16.6 Å². The smallest absolute Gasteiger partial charge is 0.157 e. The van der Waals surface area contributed by atoms with Crippen molar-refractivity contribution in [1.82, 2.24) is 14.4 Å². The average molecular weight is 334 g/mol. The van der Waals surface area contributed by atoms with Crippen LogP contribution in [0.2, 0.25) is 0 Å². The zero-order valence-electron chi connectivity index (χ0n) is 14.4. The number of fused-ring (bicyclic) bond motifs is 3. The summed E-state index contributed by atoms with van der Waals surface area (Å²) in [7, 11) is 0. The summed E-state index contributed by atoms with van der Waals surface area (Å²) < 4.78 is 16.1. The SMILES string of the molecule is Cc1ccccc1Nc1nc2cc(F)cc(C(C)C)c2n2cncc12. The van der Waals surface area contributed by atoms with Crippen molar-refractivity contribution in [3.05, 3.63) is 65.9 Å². The third-order valence-electron chi connectivity index (χ3n) is 4.46. The quantitative estimate of drug-likeness (QED) is 0.560. The number of rotatable bonds is 3. The molecule has 0 bridgehead atoms. The van der Waals surface area contributed by atoms with Gasteiger partial charge in [0.25, 0.3) is 0 Å². The lowest BCUT2D eigenvalue weighted by Gasteiger charge is -2.15. The second kappa shape index (κ2) is 5.84. The molecule has 2 aromatic heterocycles. The molecule has 2 aromatic carbocycles. The van der Waals surface area contributed by atoms with E-state index in [9.17, 15) is 4.39 Å². The Balaban J connectivity index is 2.00. The minimum Gasteiger partial charge on any atom is -0.338 e. The molecule has 0 saturated heterocycles. The lowest BCUT2D eigenvalue weighted by molar-refractivity contribution is 0.625. The van der Waals surface area contributed by atoms with Gasteiger partial charge in [0.1, 0.15) is 11.3 Å². The van der Waals surface area contributed by atoms with Crippen LogP contribution >= 0.6 is 0 Å². The van der Waals surface area contributed by atoms with Crippen LogP contribution in [0, 0.1) is 12.7 Å². The van der Waals surface area contributed by atoms with Gasteiger partial charge in [0.15, 0.2) is 5.82 Å². The summed E-state index contributed by atoms with van der Waals surface area (Å²) in [5.74, 6) is 0.574. The molecule has 4 aromatic rings. The van der Waals surface area contributed by atoms with E-state index < -0.39 is 0 Å². The van der Waals surface area contributed by atoms with Crippen LogP contribution in [-0.4, -0.2) is 14.4 Å². The number of imidazole rings is 1. The first-order chi connectivity index (χ1) is 12.0. The fourth-order valence-electron chi connectivity index (χ4n) is 3.15. The number of benzene rings is 2. The van der Waals surface area contributed by atoms with Crippen LogP contribution in [-0.2, 0) is 0 Å². The van der Waals surface area contributed by atoms with Gasteiger partial charge in [0, 0.05) is 11.8 Å². The Morgan fingerprint density at radius 2 is 1.96 bits per heavy atom. The maximum atomic E-state index is 14.1. The van der Waals surface area contributed by atoms with Crippen molar-refractivity contribution in [2.75, 3.05) is 5.32 Å². The molecule has 25 heavy (non-hydrogen) atoms. The highest BCUT2D eigenvalue weighted by molar-refractivity contribution is 5.88. The van der Waals surface area contributed by atoms with Crippen molar-refractivity contribution in [2.45, 2.75) is 26.7 Å². The van der Waals surface area contributed by atoms with E-state index in [1.54, 1.807) is 18.6 Å². The summed E-state index contributed by atoms with van der Waals surface area (Å²) in [6.07, 6.45) is 3.53. The maximum Gasteiger partial charge on any atom is 0.157 e. The zero-order valence-corrected chi connectivity index (χ0v) is 14.4. The minimum atomic E-state index is -0.273. The average Bonchev–Trinajstić information content (AvgIpc) is 3.05. The van der Waals surface area contributed by atoms with Crippen molar-refractivity contribution >= 4 is 28.1 Å². The summed E-state index contributed by atoms with van der Waals surface area (Å²) >= 11 is 0. The summed E-state index contributed by atoms with van der Waals surface area (Å²) in [6, 6.07) is 11.1. The van der Waals surface area contributed by atoms with Crippen molar-refractivity contribution < 1.29 is 4.39 Å². The maximum absolute atomic E-state index is 14.1. The predicted molar refractivity (Wildman–Crippen MR) is 99.0 cm³/mol. The standard InChI is InChI=1S/C20H19FN4/c1-12(2)15-8-14(21)9-17-19(15)25-11-22-10-18(25)20(24-17)23-16-7-5-4-6-13(16)3/h4-12H,1-3H3,(H,23,24). The van der Waals surface area contributed by atoms with E-state index in [-0.39, 0.29) is 11.7 Å². The van der Waals surface area contributed by atoms with Gasteiger partial charge in [-0.3, -0.25) is 4.40 Å². The zero-order chi connectivity index (χ0) is 17.6. The van der Waals surface area contributed by atoms with E-state index in [1.807, 2.05) is 35.6 Å². The third-order valence-corrected chi connectivity index (χ3v) is 4.46. The van der Waals surface area contributed by atoms with Crippen LogP contribution in [0.4, 0.5) is 15.9 Å². The molecule has 0 saturated carbocycles. The van der Waals surface area contributed by atoms with Gasteiger partial charge in [-0.15, -0.1) is 0 Å². The Labute approximate surface area is 145 Å². The fraction of sp³-hybridized carbons (Fsp3) is 0.200. The molecule has 5 heteroatoms. The number of nitrogens with zero attached hydrogens (tertiary/aromatic N) is 3. The predicted octanol–water partition coefficient (Wildman–Crippen LogP) is 5.20. The Kier molecular flexibility index (Phi) is 3.64. The molecule has 4 rings (SSSR count). The molecule has 0 aliphatic carbocycles. The van der Waals surface area contributed by atoms with Gasteiger partial charge >= 0.3 is 0 Å². The number of anilines is 2. The molecule has 0 radical (unpaired) electrons. The highest BCUT2D eigenvalue weighted by atomic mass is 19.1. The van der Waals surface area contributed by atoms with Crippen molar-refractivity contribution in [2.24, 2.45) is 0 Å². The fourth-order valence-corrected chi connectivity index (χ4v) is 3.15. The van der Waals surface area contributed by atoms with Crippen LogP contribution < -0.4 is 5.32 Å². The second-order valence-electron chi connectivity index (χ2n) is 6.57. The first kappa shape index (κ1) is 15.6. The molecule has 2 heterocycles. The van der Waals surface area contributed by atoms with Crippen molar-refractivity contribution in [3.8, 4) is 0 Å². The second-order valence-corrected chi connectivity index (χ2v) is 6.57. The summed E-state index contributed by atoms with van der Waals surface area (Å²) in [6.45, 7) is 6.14. The molecule has 0 spiro atoms. The van der Waals surface area contributed by atoms with Gasteiger partial charge in [0.2, 0.25) is 0 Å². The molecule has 4 nitrogen and oxygen atoms in total. The Morgan fingerprint density at radius 3 is 2.72 bits per heavy atom. The summed E-state index contributed by atoms with van der Waals surface area (Å²) in [5.41, 5.74) is 5.39. The molecule has 0 aliphatic heterocycles. The number of aromatic nitrogens is 3. The number of hydrogen-bond donors (Lipinski definition) is 1. The normalized spacial score (nSPS) is 11.6. The largest absolute Gasteiger partial charge is 0.338 e. The van der Waals surface area contributed by atoms with E-state index >= 15 is 0 Å². The number of para-hydroxylation sites is 1. The van der Waals surface area contributed by atoms with E-state index in [4.69, 9.17) is 4.98 Å². The van der Waals surface area contributed by atoms with Crippen molar-refractivity contribution in [3.63, 3.8) is 0 Å². The van der Waals surface area contributed by atoms with Gasteiger partial charge in [0.05, 0.1) is 23.6 Å². The lowest BCUT2D eigenvalue weighted by Crippen LogP contribution is -2.03. The Bertz CT molecular complexity index is 1080. The number of aryl methyl sites for hydroxylation is 1. The molecule has 0 atom stereocenters. The van der Waals surface area contributed by atoms with Crippen LogP contribution in [0.15, 0.2) is 48.9 Å². The minimum absolute atomic E-state index is 0.181. The molecule has 0 amide bonds. The van der Waals surface area contributed by atoms with Gasteiger partial charge in [-0.2, -0.15) is 0 Å². The van der Waals surface area contributed by atoms with E-state index in [1.165, 1.54) is 6.07 Å². The number of halogens is 1. The molecule has 0 unspecified atom stereocenters. The molecular formula is C20H19FN4. The van der Waals surface area contributed by atoms with Crippen LogP contribution in [0.5, 0.6) is 0 Å². The first-order valence-corrected chi connectivity index (χ1v) is 8.32. The third kappa shape index (κ3) is 2.61. The summed E-state index contributed by atoms with van der Waals surface area (Å²) in [4.78, 5) is 8.99. The van der Waals surface area contributed by atoms with Gasteiger partial charge < -0.3 is 5.32 Å². The Morgan fingerprint density at radius 1 is 1.16 bits per heavy atom. The topological polar surface area (TPSA) is 42.2 Å². The van der Waals surface area contributed by atoms with Crippen LogP contribution in [0.3, 0.4) is 0 Å². The number of nitrogens with one attached hydrogen (secondary N) is 1. The molecule has 126 valence electrons. The molecule has 0 fully saturated rings. The van der Waals surface area contributed by atoms with Crippen molar-refractivity contribution in [1.29, 1.82) is 0 Å². The molecule has 1 N–H and O–H groups in total. The Hall–Kier alpha value is -2.95. The van der Waals surface area contributed by atoms with E-state index in [0.29, 0.717) is 11.3 Å². The van der Waals surface area contributed by atoms with E-state index in [2.05, 4.69) is 24.1 Å².